The number of thioether (sulfide) groups is 1. The van der Waals surface area contributed by atoms with E-state index in [0.717, 1.165) is 11.5 Å². The van der Waals surface area contributed by atoms with Crippen LogP contribution in [0.2, 0.25) is 25.7 Å². The zero-order valence-electron chi connectivity index (χ0n) is 12.4. The van der Waals surface area contributed by atoms with E-state index in [4.69, 9.17) is 0 Å². The molecule has 0 radical (unpaired) electrons. The van der Waals surface area contributed by atoms with Crippen LogP contribution in [-0.2, 0) is 0 Å². The van der Waals surface area contributed by atoms with Crippen molar-refractivity contribution in [3.05, 3.63) is 32.9 Å². The Hall–Kier alpha value is -1.35. The van der Waals surface area contributed by atoms with E-state index in [9.17, 15) is 18.8 Å². The van der Waals surface area contributed by atoms with Crippen molar-refractivity contribution in [2.45, 2.75) is 25.7 Å². The summed E-state index contributed by atoms with van der Waals surface area (Å²) < 4.78 is 13.6. The lowest BCUT2D eigenvalue weighted by atomic mass is 10.6. The molecule has 1 amide bonds. The standard InChI is InChI=1S/C12H20FN3O3SSi/c1-21(2,3)7-6-20-5-4-14-11(18)16-8-9(13)10(17)15-12(16)19/h8H,4-7H2,1-3H3,(H,14,18)(H,15,17,19). The molecule has 9 heteroatoms. The second-order valence-electron chi connectivity index (χ2n) is 5.76. The van der Waals surface area contributed by atoms with Crippen molar-refractivity contribution >= 4 is 25.9 Å². The molecule has 2 N–H and O–H groups in total. The highest BCUT2D eigenvalue weighted by atomic mass is 32.2. The number of halogens is 1. The summed E-state index contributed by atoms with van der Waals surface area (Å²) >= 11 is 1.73. The number of rotatable bonds is 6. The molecule has 0 aliphatic heterocycles. The molecule has 0 aliphatic carbocycles. The van der Waals surface area contributed by atoms with Crippen LogP contribution in [0.25, 0.3) is 0 Å². The molecule has 1 aromatic rings. The van der Waals surface area contributed by atoms with E-state index in [0.29, 0.717) is 17.3 Å². The van der Waals surface area contributed by atoms with Gasteiger partial charge in [0.1, 0.15) is 0 Å². The molecular formula is C12H20FN3O3SSi. The van der Waals surface area contributed by atoms with Crippen LogP contribution in [0.15, 0.2) is 15.8 Å². The lowest BCUT2D eigenvalue weighted by Crippen LogP contribution is -2.41. The average Bonchev–Trinajstić information content (AvgIpc) is 2.36. The lowest BCUT2D eigenvalue weighted by molar-refractivity contribution is 0.241. The second kappa shape index (κ2) is 7.60. The van der Waals surface area contributed by atoms with Gasteiger partial charge in [0.25, 0.3) is 5.56 Å². The molecule has 0 unspecified atom stereocenters. The first-order valence-electron chi connectivity index (χ1n) is 6.58. The van der Waals surface area contributed by atoms with Crippen molar-refractivity contribution in [1.82, 2.24) is 14.9 Å². The molecule has 1 rings (SSSR count). The number of carbonyl (C=O) groups excluding carboxylic acids is 1. The molecule has 0 bridgehead atoms. The fraction of sp³-hybridized carbons (Fsp3) is 0.583. The minimum absolute atomic E-state index is 0.377. The summed E-state index contributed by atoms with van der Waals surface area (Å²) in [6.45, 7) is 7.27. The van der Waals surface area contributed by atoms with Gasteiger partial charge in [-0.25, -0.2) is 14.2 Å². The fourth-order valence-corrected chi connectivity index (χ4v) is 4.87. The zero-order valence-corrected chi connectivity index (χ0v) is 14.2. The van der Waals surface area contributed by atoms with Crippen LogP contribution in [0.4, 0.5) is 9.18 Å². The van der Waals surface area contributed by atoms with Crippen LogP contribution in [0, 0.1) is 5.82 Å². The molecule has 118 valence electrons. The van der Waals surface area contributed by atoms with E-state index in [-0.39, 0.29) is 0 Å². The molecule has 6 nitrogen and oxygen atoms in total. The molecule has 0 aliphatic rings. The SMILES string of the molecule is C[Si](C)(C)CCSCCNC(=O)n1cc(F)c(=O)[nH]c1=O. The number of aromatic amines is 1. The summed E-state index contributed by atoms with van der Waals surface area (Å²) in [6.07, 6.45) is 0.592. The Morgan fingerprint density at radius 2 is 2.05 bits per heavy atom. The van der Waals surface area contributed by atoms with E-state index in [2.05, 4.69) is 25.0 Å². The lowest BCUT2D eigenvalue weighted by Gasteiger charge is -2.14. The first kappa shape index (κ1) is 17.7. The molecular weight excluding hydrogens is 313 g/mol. The van der Waals surface area contributed by atoms with Crippen LogP contribution in [0.5, 0.6) is 0 Å². The maximum absolute atomic E-state index is 13.0. The van der Waals surface area contributed by atoms with Gasteiger partial charge < -0.3 is 5.32 Å². The van der Waals surface area contributed by atoms with E-state index in [1.165, 1.54) is 6.04 Å². The number of carbonyl (C=O) groups is 1. The van der Waals surface area contributed by atoms with Gasteiger partial charge in [0.2, 0.25) is 5.82 Å². The maximum Gasteiger partial charge on any atom is 0.336 e. The number of nitrogens with zero attached hydrogens (tertiary/aromatic N) is 1. The molecule has 0 saturated heterocycles. The third kappa shape index (κ3) is 6.30. The molecule has 0 aromatic carbocycles. The Bertz CT molecular complexity index is 609. The average molecular weight is 333 g/mol. The molecule has 1 aromatic heterocycles. The Labute approximate surface area is 127 Å². The summed E-state index contributed by atoms with van der Waals surface area (Å²) in [5, 5.41) is 2.51. The number of H-pyrrole nitrogens is 1. The van der Waals surface area contributed by atoms with Crippen molar-refractivity contribution in [2.24, 2.45) is 0 Å². The van der Waals surface area contributed by atoms with Gasteiger partial charge in [0, 0.05) is 20.4 Å². The summed E-state index contributed by atoms with van der Waals surface area (Å²) in [4.78, 5) is 35.6. The van der Waals surface area contributed by atoms with Gasteiger partial charge in [0.05, 0.1) is 6.20 Å². The van der Waals surface area contributed by atoms with E-state index < -0.39 is 31.2 Å². The van der Waals surface area contributed by atoms with Crippen LogP contribution >= 0.6 is 11.8 Å². The topological polar surface area (TPSA) is 84.0 Å². The predicted octanol–water partition coefficient (Wildman–Crippen LogP) is 1.30. The summed E-state index contributed by atoms with van der Waals surface area (Å²) in [5.74, 6) is 0.588. The maximum atomic E-state index is 13.0. The molecule has 0 fully saturated rings. The number of amides is 1. The van der Waals surface area contributed by atoms with Gasteiger partial charge in [-0.2, -0.15) is 16.2 Å². The first-order valence-corrected chi connectivity index (χ1v) is 11.4. The van der Waals surface area contributed by atoms with Crippen LogP contribution in [0.3, 0.4) is 0 Å². The molecule has 0 atom stereocenters. The van der Waals surface area contributed by atoms with Crippen LogP contribution in [0.1, 0.15) is 0 Å². The van der Waals surface area contributed by atoms with Crippen molar-refractivity contribution in [3.63, 3.8) is 0 Å². The highest BCUT2D eigenvalue weighted by molar-refractivity contribution is 7.99. The highest BCUT2D eigenvalue weighted by Gasteiger charge is 2.12. The van der Waals surface area contributed by atoms with Crippen molar-refractivity contribution in [3.8, 4) is 0 Å². The summed E-state index contributed by atoms with van der Waals surface area (Å²) in [5.41, 5.74) is -2.09. The summed E-state index contributed by atoms with van der Waals surface area (Å²) in [7, 11) is -1.04. The Balaban J connectivity index is 2.40. The van der Waals surface area contributed by atoms with Gasteiger partial charge in [-0.05, 0) is 11.8 Å². The number of aromatic nitrogens is 2. The van der Waals surface area contributed by atoms with Gasteiger partial charge in [-0.15, -0.1) is 0 Å². The van der Waals surface area contributed by atoms with Crippen molar-refractivity contribution < 1.29 is 9.18 Å². The minimum atomic E-state index is -1.17. The second-order valence-corrected chi connectivity index (χ2v) is 12.6. The summed E-state index contributed by atoms with van der Waals surface area (Å²) in [6, 6.07) is 0.455. The van der Waals surface area contributed by atoms with Crippen LogP contribution in [-0.4, -0.2) is 41.7 Å². The Morgan fingerprint density at radius 3 is 2.67 bits per heavy atom. The monoisotopic (exact) mass is 333 g/mol. The van der Waals surface area contributed by atoms with E-state index in [1.807, 2.05) is 0 Å². The van der Waals surface area contributed by atoms with E-state index >= 15 is 0 Å². The number of hydrogen-bond donors (Lipinski definition) is 2. The van der Waals surface area contributed by atoms with Crippen molar-refractivity contribution in [2.75, 3.05) is 18.1 Å². The van der Waals surface area contributed by atoms with Gasteiger partial charge in [-0.1, -0.05) is 19.6 Å². The third-order valence-corrected chi connectivity index (χ3v) is 5.73. The van der Waals surface area contributed by atoms with Gasteiger partial charge in [0.15, 0.2) is 0 Å². The third-order valence-electron chi connectivity index (χ3n) is 2.64. The molecule has 21 heavy (non-hydrogen) atoms. The fourth-order valence-electron chi connectivity index (χ4n) is 1.39. The molecule has 0 spiro atoms. The van der Waals surface area contributed by atoms with Gasteiger partial charge in [-0.3, -0.25) is 9.78 Å². The predicted molar refractivity (Wildman–Crippen MR) is 85.6 cm³/mol. The number of hydrogen-bond acceptors (Lipinski definition) is 4. The number of nitrogens with one attached hydrogen (secondary N) is 2. The van der Waals surface area contributed by atoms with Crippen LogP contribution < -0.4 is 16.6 Å². The quantitative estimate of drug-likeness (QED) is 0.607. The first-order chi connectivity index (χ1) is 9.70. The largest absolute Gasteiger partial charge is 0.336 e. The van der Waals surface area contributed by atoms with Gasteiger partial charge >= 0.3 is 11.7 Å². The highest BCUT2D eigenvalue weighted by Crippen LogP contribution is 2.12. The Morgan fingerprint density at radius 1 is 1.38 bits per heavy atom. The zero-order chi connectivity index (χ0) is 16.0. The van der Waals surface area contributed by atoms with E-state index in [1.54, 1.807) is 16.7 Å². The minimum Gasteiger partial charge on any atom is -0.336 e. The van der Waals surface area contributed by atoms with Crippen molar-refractivity contribution in [1.29, 1.82) is 0 Å². The normalized spacial score (nSPS) is 11.4. The molecule has 0 saturated carbocycles. The smallest absolute Gasteiger partial charge is 0.336 e. The molecule has 1 heterocycles. The Kier molecular flexibility index (Phi) is 6.40.